The molecule has 3 rings (SSSR count). The van der Waals surface area contributed by atoms with Gasteiger partial charge in [-0.3, -0.25) is 0 Å². The first-order chi connectivity index (χ1) is 12.3. The monoisotopic (exact) mass is 398 g/mol. The molecule has 0 unspecified atom stereocenters. The van der Waals surface area contributed by atoms with E-state index in [4.69, 9.17) is 0 Å². The zero-order valence-electron chi connectivity index (χ0n) is 13.2. The average molecular weight is 398 g/mol. The number of alkyl halides is 3. The molecule has 136 valence electrons. The summed E-state index contributed by atoms with van der Waals surface area (Å²) in [7, 11) is -4.33. The van der Waals surface area contributed by atoms with Crippen LogP contribution in [0.3, 0.4) is 0 Å². The predicted octanol–water partition coefficient (Wildman–Crippen LogP) is 4.31. The van der Waals surface area contributed by atoms with E-state index in [9.17, 15) is 21.6 Å². The molecule has 2 aromatic carbocycles. The maximum absolute atomic E-state index is 13.0. The molecule has 1 heterocycles. The molecule has 9 heteroatoms. The van der Waals surface area contributed by atoms with Crippen LogP contribution in [0.1, 0.15) is 11.3 Å². The smallest absolute Gasteiger partial charge is 0.240 e. The van der Waals surface area contributed by atoms with Gasteiger partial charge in [-0.05, 0) is 12.1 Å². The SMILES string of the molecule is O=S(=O)(NCc1csc(-c2ccccc2)n1)c1ccccc1C(F)(F)F. The van der Waals surface area contributed by atoms with Gasteiger partial charge in [-0.25, -0.2) is 18.1 Å². The fourth-order valence-corrected chi connectivity index (χ4v) is 4.33. The summed E-state index contributed by atoms with van der Waals surface area (Å²) in [6.45, 7) is -0.197. The first kappa shape index (κ1) is 18.6. The second kappa shape index (κ2) is 7.18. The van der Waals surface area contributed by atoms with Gasteiger partial charge < -0.3 is 0 Å². The van der Waals surface area contributed by atoms with Crippen LogP contribution in [0.4, 0.5) is 13.2 Å². The van der Waals surface area contributed by atoms with Crippen LogP contribution in [0.2, 0.25) is 0 Å². The van der Waals surface area contributed by atoms with Crippen molar-refractivity contribution in [3.05, 3.63) is 71.2 Å². The lowest BCUT2D eigenvalue weighted by Crippen LogP contribution is -2.26. The first-order valence-corrected chi connectivity index (χ1v) is 9.79. The molecule has 0 aliphatic carbocycles. The van der Waals surface area contributed by atoms with E-state index in [0.717, 1.165) is 23.8 Å². The summed E-state index contributed by atoms with van der Waals surface area (Å²) in [5, 5.41) is 2.37. The average Bonchev–Trinajstić information content (AvgIpc) is 3.09. The third-order valence-corrected chi connectivity index (χ3v) is 5.90. The summed E-state index contributed by atoms with van der Waals surface area (Å²) in [5.74, 6) is 0. The number of halogens is 3. The predicted molar refractivity (Wildman–Crippen MR) is 93.0 cm³/mol. The Hall–Kier alpha value is -2.23. The summed E-state index contributed by atoms with van der Waals surface area (Å²) < 4.78 is 65.9. The molecule has 0 atom stereocenters. The number of rotatable bonds is 5. The molecule has 0 radical (unpaired) electrons. The highest BCUT2D eigenvalue weighted by Crippen LogP contribution is 2.34. The lowest BCUT2D eigenvalue weighted by atomic mass is 10.2. The summed E-state index contributed by atoms with van der Waals surface area (Å²) in [5.41, 5.74) is 0.117. The molecule has 3 aromatic rings. The number of nitrogens with zero attached hydrogens (tertiary/aromatic N) is 1. The highest BCUT2D eigenvalue weighted by molar-refractivity contribution is 7.89. The summed E-state index contributed by atoms with van der Waals surface area (Å²) in [6.07, 6.45) is -4.76. The van der Waals surface area contributed by atoms with Gasteiger partial charge in [0.1, 0.15) is 5.01 Å². The molecule has 0 saturated heterocycles. The van der Waals surface area contributed by atoms with Gasteiger partial charge in [-0.1, -0.05) is 42.5 Å². The van der Waals surface area contributed by atoms with E-state index in [0.29, 0.717) is 10.7 Å². The Labute approximate surface area is 152 Å². The highest BCUT2D eigenvalue weighted by Gasteiger charge is 2.36. The highest BCUT2D eigenvalue weighted by atomic mass is 32.2. The van der Waals surface area contributed by atoms with Crippen LogP contribution in [-0.4, -0.2) is 13.4 Å². The number of hydrogen-bond acceptors (Lipinski definition) is 4. The number of sulfonamides is 1. The van der Waals surface area contributed by atoms with Crippen LogP contribution in [-0.2, 0) is 22.7 Å². The van der Waals surface area contributed by atoms with Crippen molar-refractivity contribution in [3.63, 3.8) is 0 Å². The fraction of sp³-hybridized carbons (Fsp3) is 0.118. The third-order valence-electron chi connectivity index (χ3n) is 3.50. The normalized spacial score (nSPS) is 12.3. The van der Waals surface area contributed by atoms with Gasteiger partial charge >= 0.3 is 6.18 Å². The molecule has 0 spiro atoms. The molecule has 26 heavy (non-hydrogen) atoms. The maximum atomic E-state index is 13.0. The van der Waals surface area contributed by atoms with Gasteiger partial charge in [-0.15, -0.1) is 11.3 Å². The fourth-order valence-electron chi connectivity index (χ4n) is 2.28. The second-order valence-corrected chi connectivity index (χ2v) is 7.92. The number of benzene rings is 2. The van der Waals surface area contributed by atoms with Crippen molar-refractivity contribution >= 4 is 21.4 Å². The first-order valence-electron chi connectivity index (χ1n) is 7.43. The van der Waals surface area contributed by atoms with Crippen LogP contribution in [0, 0.1) is 0 Å². The largest absolute Gasteiger partial charge is 0.417 e. The summed E-state index contributed by atoms with van der Waals surface area (Å²) in [4.78, 5) is 3.52. The lowest BCUT2D eigenvalue weighted by Gasteiger charge is -2.13. The second-order valence-electron chi connectivity index (χ2n) is 5.33. The number of thiazole rings is 1. The maximum Gasteiger partial charge on any atom is 0.417 e. The van der Waals surface area contributed by atoms with E-state index in [1.165, 1.54) is 17.4 Å². The zero-order valence-corrected chi connectivity index (χ0v) is 14.8. The van der Waals surface area contributed by atoms with Gasteiger partial charge in [-0.2, -0.15) is 13.2 Å². The minimum absolute atomic E-state index is 0.197. The van der Waals surface area contributed by atoms with Gasteiger partial charge in [0.2, 0.25) is 10.0 Å². The third kappa shape index (κ3) is 4.12. The van der Waals surface area contributed by atoms with E-state index < -0.39 is 26.7 Å². The molecule has 0 saturated carbocycles. The Morgan fingerprint density at radius 3 is 2.35 bits per heavy atom. The van der Waals surface area contributed by atoms with E-state index in [1.54, 1.807) is 5.38 Å². The van der Waals surface area contributed by atoms with Crippen LogP contribution >= 0.6 is 11.3 Å². The summed E-state index contributed by atoms with van der Waals surface area (Å²) >= 11 is 1.33. The molecule has 4 nitrogen and oxygen atoms in total. The van der Waals surface area contributed by atoms with Gasteiger partial charge in [0, 0.05) is 10.9 Å². The van der Waals surface area contributed by atoms with Crippen molar-refractivity contribution in [2.75, 3.05) is 0 Å². The van der Waals surface area contributed by atoms with E-state index >= 15 is 0 Å². The van der Waals surface area contributed by atoms with Crippen molar-refractivity contribution < 1.29 is 21.6 Å². The lowest BCUT2D eigenvalue weighted by molar-refractivity contribution is -0.139. The Bertz CT molecular complexity index is 1000. The van der Waals surface area contributed by atoms with E-state index in [-0.39, 0.29) is 6.54 Å². The van der Waals surface area contributed by atoms with Crippen molar-refractivity contribution in [3.8, 4) is 10.6 Å². The van der Waals surface area contributed by atoms with Gasteiger partial charge in [0.15, 0.2) is 0 Å². The van der Waals surface area contributed by atoms with E-state index in [2.05, 4.69) is 9.71 Å². The van der Waals surface area contributed by atoms with E-state index in [1.807, 2.05) is 30.3 Å². The van der Waals surface area contributed by atoms with Crippen molar-refractivity contribution in [1.82, 2.24) is 9.71 Å². The van der Waals surface area contributed by atoms with Gasteiger partial charge in [0.05, 0.1) is 22.7 Å². The summed E-state index contributed by atoms with van der Waals surface area (Å²) in [6, 6.07) is 13.4. The molecule has 0 aliphatic rings. The number of hydrogen-bond donors (Lipinski definition) is 1. The molecule has 0 amide bonds. The Morgan fingerprint density at radius 1 is 1.00 bits per heavy atom. The standard InChI is InChI=1S/C17H13F3N2O2S2/c18-17(19,20)14-8-4-5-9-15(14)26(23,24)21-10-13-11-25-16(22-13)12-6-2-1-3-7-12/h1-9,11,21H,10H2. The van der Waals surface area contributed by atoms with Crippen LogP contribution in [0.5, 0.6) is 0 Å². The zero-order chi connectivity index (χ0) is 18.8. The molecule has 1 aromatic heterocycles. The number of aromatic nitrogens is 1. The molecule has 0 aliphatic heterocycles. The molecule has 1 N–H and O–H groups in total. The minimum atomic E-state index is -4.76. The molecular weight excluding hydrogens is 385 g/mol. The Morgan fingerprint density at radius 2 is 1.65 bits per heavy atom. The van der Waals surface area contributed by atoms with Crippen LogP contribution in [0.25, 0.3) is 10.6 Å². The Kier molecular flexibility index (Phi) is 5.12. The van der Waals surface area contributed by atoms with Crippen molar-refractivity contribution in [1.29, 1.82) is 0 Å². The van der Waals surface area contributed by atoms with Crippen molar-refractivity contribution in [2.45, 2.75) is 17.6 Å². The van der Waals surface area contributed by atoms with Crippen LogP contribution < -0.4 is 4.72 Å². The molecular formula is C17H13F3N2O2S2. The number of nitrogens with one attached hydrogen (secondary N) is 1. The molecule has 0 fully saturated rings. The quantitative estimate of drug-likeness (QED) is 0.697. The molecule has 0 bridgehead atoms. The van der Waals surface area contributed by atoms with Gasteiger partial charge in [0.25, 0.3) is 0 Å². The van der Waals surface area contributed by atoms with Crippen molar-refractivity contribution in [2.24, 2.45) is 0 Å². The Balaban J connectivity index is 1.79. The topological polar surface area (TPSA) is 59.1 Å². The minimum Gasteiger partial charge on any atom is -0.240 e. The van der Waals surface area contributed by atoms with Crippen LogP contribution in [0.15, 0.2) is 64.9 Å².